The van der Waals surface area contributed by atoms with E-state index in [1.807, 2.05) is 37.4 Å². The molecule has 0 saturated heterocycles. The van der Waals surface area contributed by atoms with E-state index in [0.29, 0.717) is 11.1 Å². The van der Waals surface area contributed by atoms with Crippen molar-refractivity contribution in [2.45, 2.75) is 28.8 Å². The number of carbonyl (C=O) groups is 1. The van der Waals surface area contributed by atoms with E-state index in [-0.39, 0.29) is 11.7 Å². The summed E-state index contributed by atoms with van der Waals surface area (Å²) in [5.41, 5.74) is 3.85. The average molecular weight is 433 g/mol. The van der Waals surface area contributed by atoms with Gasteiger partial charge in [0.05, 0.1) is 5.75 Å². The number of aryl methyl sites for hydroxylation is 2. The van der Waals surface area contributed by atoms with E-state index < -0.39 is 9.84 Å². The van der Waals surface area contributed by atoms with Gasteiger partial charge in [0.25, 0.3) is 5.91 Å². The van der Waals surface area contributed by atoms with E-state index in [2.05, 4.69) is 10.3 Å². The van der Waals surface area contributed by atoms with E-state index in [1.54, 1.807) is 47.4 Å². The van der Waals surface area contributed by atoms with Crippen LogP contribution in [0.3, 0.4) is 0 Å². The zero-order valence-corrected chi connectivity index (χ0v) is 18.2. The Balaban J connectivity index is 1.68. The number of nitrogens with one attached hydrogen (secondary N) is 1. The molecular weight excluding hydrogens is 412 g/mol. The molecule has 0 aliphatic rings. The lowest BCUT2D eigenvalue weighted by Gasteiger charge is -2.10. The monoisotopic (exact) mass is 432 g/mol. The third-order valence-electron chi connectivity index (χ3n) is 3.89. The molecule has 1 amide bonds. The summed E-state index contributed by atoms with van der Waals surface area (Å²) in [4.78, 5) is 18.0. The van der Waals surface area contributed by atoms with Crippen molar-refractivity contribution in [2.75, 3.05) is 11.6 Å². The lowest BCUT2D eigenvalue weighted by Crippen LogP contribution is -2.13. The number of carbonyl (C=O) groups excluding carboxylic acids is 1. The van der Waals surface area contributed by atoms with Gasteiger partial charge < -0.3 is 5.32 Å². The van der Waals surface area contributed by atoms with Gasteiger partial charge in [-0.2, -0.15) is 0 Å². The molecule has 1 N–H and O–H groups in total. The van der Waals surface area contributed by atoms with Crippen LogP contribution in [0, 0.1) is 13.8 Å². The second-order valence-corrected chi connectivity index (χ2v) is 10.9. The second kappa shape index (κ2) is 8.46. The molecule has 3 rings (SSSR count). The maximum atomic E-state index is 12.5. The molecule has 0 radical (unpaired) electrons. The van der Waals surface area contributed by atoms with Crippen LogP contribution in [0.25, 0.3) is 0 Å². The summed E-state index contributed by atoms with van der Waals surface area (Å²) in [5, 5.41) is 4.93. The maximum Gasteiger partial charge on any atom is 0.255 e. The lowest BCUT2D eigenvalue weighted by atomic mass is 10.1. The summed E-state index contributed by atoms with van der Waals surface area (Å²) in [6.07, 6.45) is 1.19. The van der Waals surface area contributed by atoms with Crippen LogP contribution in [-0.4, -0.2) is 25.6 Å². The van der Waals surface area contributed by atoms with Crippen LogP contribution in [0.5, 0.6) is 0 Å². The molecule has 0 spiro atoms. The van der Waals surface area contributed by atoms with E-state index in [1.165, 1.54) is 6.26 Å². The van der Waals surface area contributed by atoms with Gasteiger partial charge in [0.2, 0.25) is 0 Å². The molecule has 146 valence electrons. The van der Waals surface area contributed by atoms with Crippen molar-refractivity contribution < 1.29 is 13.2 Å². The number of sulfone groups is 1. The number of aromatic nitrogens is 1. The summed E-state index contributed by atoms with van der Waals surface area (Å²) in [6, 6.07) is 12.5. The number of amides is 1. The highest BCUT2D eigenvalue weighted by Crippen LogP contribution is 2.32. The van der Waals surface area contributed by atoms with Gasteiger partial charge in [0.15, 0.2) is 14.2 Å². The molecule has 1 heterocycles. The molecule has 0 bridgehead atoms. The van der Waals surface area contributed by atoms with Crippen molar-refractivity contribution >= 4 is 44.5 Å². The Morgan fingerprint density at radius 1 is 1.14 bits per heavy atom. The van der Waals surface area contributed by atoms with Gasteiger partial charge >= 0.3 is 0 Å². The zero-order valence-electron chi connectivity index (χ0n) is 15.7. The van der Waals surface area contributed by atoms with Crippen LogP contribution < -0.4 is 5.32 Å². The van der Waals surface area contributed by atoms with E-state index >= 15 is 0 Å². The van der Waals surface area contributed by atoms with Crippen molar-refractivity contribution in [2.24, 2.45) is 0 Å². The largest absolute Gasteiger partial charge is 0.322 e. The molecule has 0 aliphatic heterocycles. The number of anilines is 1. The molecule has 0 aliphatic carbocycles. The number of hydrogen-bond donors (Lipinski definition) is 1. The molecule has 0 fully saturated rings. The quantitative estimate of drug-likeness (QED) is 0.611. The summed E-state index contributed by atoms with van der Waals surface area (Å²) >= 11 is 3.21. The van der Waals surface area contributed by atoms with E-state index in [4.69, 9.17) is 0 Å². The number of thiazole rings is 1. The summed E-state index contributed by atoms with van der Waals surface area (Å²) in [7, 11) is -3.10. The highest BCUT2D eigenvalue weighted by Gasteiger charge is 2.11. The third-order valence-corrected chi connectivity index (χ3v) is 6.80. The second-order valence-electron chi connectivity index (χ2n) is 6.55. The van der Waals surface area contributed by atoms with Crippen LogP contribution in [0.2, 0.25) is 0 Å². The van der Waals surface area contributed by atoms with Gasteiger partial charge in [-0.15, -0.1) is 11.3 Å². The highest BCUT2D eigenvalue weighted by atomic mass is 32.2. The first kappa shape index (κ1) is 20.6. The van der Waals surface area contributed by atoms with Gasteiger partial charge in [0.1, 0.15) is 0 Å². The Hall–Kier alpha value is -2.16. The Kier molecular flexibility index (Phi) is 6.22. The Morgan fingerprint density at radius 2 is 1.86 bits per heavy atom. The topological polar surface area (TPSA) is 76.1 Å². The van der Waals surface area contributed by atoms with Crippen LogP contribution in [0.1, 0.15) is 27.2 Å². The molecule has 0 saturated carbocycles. The van der Waals surface area contributed by atoms with Crippen LogP contribution in [0.4, 0.5) is 5.69 Å². The van der Waals surface area contributed by atoms with Crippen molar-refractivity contribution in [3.05, 3.63) is 70.2 Å². The van der Waals surface area contributed by atoms with Gasteiger partial charge in [-0.1, -0.05) is 23.9 Å². The van der Waals surface area contributed by atoms with Crippen molar-refractivity contribution in [1.29, 1.82) is 0 Å². The predicted molar refractivity (Wildman–Crippen MR) is 115 cm³/mol. The van der Waals surface area contributed by atoms with Gasteiger partial charge in [-0.3, -0.25) is 4.79 Å². The van der Waals surface area contributed by atoms with Crippen molar-refractivity contribution in [3.63, 3.8) is 0 Å². The first-order valence-corrected chi connectivity index (χ1v) is 12.2. The van der Waals surface area contributed by atoms with E-state index in [9.17, 15) is 13.2 Å². The maximum absolute atomic E-state index is 12.5. The molecule has 28 heavy (non-hydrogen) atoms. The minimum absolute atomic E-state index is 0.0360. The highest BCUT2D eigenvalue weighted by molar-refractivity contribution is 8.01. The van der Waals surface area contributed by atoms with E-state index in [0.717, 1.165) is 26.2 Å². The third kappa shape index (κ3) is 5.67. The Labute approximate surface area is 173 Å². The van der Waals surface area contributed by atoms with Gasteiger partial charge in [-0.25, -0.2) is 13.4 Å². The number of benzene rings is 2. The Bertz CT molecular complexity index is 1100. The molecule has 0 unspecified atom stereocenters. The average Bonchev–Trinajstić information content (AvgIpc) is 3.01. The fraction of sp³-hybridized carbons (Fsp3) is 0.200. The molecule has 5 nitrogen and oxygen atoms in total. The summed E-state index contributed by atoms with van der Waals surface area (Å²) in [5.74, 6) is -0.267. The predicted octanol–water partition coefficient (Wildman–Crippen LogP) is 4.71. The van der Waals surface area contributed by atoms with Crippen molar-refractivity contribution in [3.8, 4) is 0 Å². The SMILES string of the molecule is Cc1csc(Sc2ccc(NC(=O)c3ccc(CS(C)(=O)=O)cc3)c(C)c2)n1. The molecular formula is C20H20N2O3S3. The standard InChI is InChI=1S/C20H20N2O3S3/c1-13-10-17(27-20-21-14(2)11-26-20)8-9-18(13)22-19(23)16-6-4-15(5-7-16)12-28(3,24)25/h4-11H,12H2,1-3H3,(H,22,23). The van der Waals surface area contributed by atoms with Crippen LogP contribution in [-0.2, 0) is 15.6 Å². The minimum atomic E-state index is -3.10. The van der Waals surface area contributed by atoms with Crippen LogP contribution in [0.15, 0.2) is 57.1 Å². The molecule has 3 aromatic rings. The fourth-order valence-electron chi connectivity index (χ4n) is 2.57. The molecule has 1 aromatic heterocycles. The van der Waals surface area contributed by atoms with Crippen molar-refractivity contribution in [1.82, 2.24) is 4.98 Å². The molecule has 2 aromatic carbocycles. The summed E-state index contributed by atoms with van der Waals surface area (Å²) < 4.78 is 23.7. The fourth-order valence-corrected chi connectivity index (χ4v) is 5.28. The first-order chi connectivity index (χ1) is 13.2. The summed E-state index contributed by atoms with van der Waals surface area (Å²) in [6.45, 7) is 3.92. The van der Waals surface area contributed by atoms with Gasteiger partial charge in [0, 0.05) is 33.5 Å². The smallest absolute Gasteiger partial charge is 0.255 e. The number of hydrogen-bond acceptors (Lipinski definition) is 6. The normalized spacial score (nSPS) is 11.4. The lowest BCUT2D eigenvalue weighted by molar-refractivity contribution is 0.102. The minimum Gasteiger partial charge on any atom is -0.322 e. The first-order valence-electron chi connectivity index (χ1n) is 8.48. The number of nitrogens with zero attached hydrogens (tertiary/aromatic N) is 1. The number of rotatable bonds is 6. The van der Waals surface area contributed by atoms with Gasteiger partial charge in [-0.05, 0) is 55.3 Å². The Morgan fingerprint density at radius 3 is 2.43 bits per heavy atom. The molecule has 8 heteroatoms. The zero-order chi connectivity index (χ0) is 20.3. The van der Waals surface area contributed by atoms with Crippen LogP contribution >= 0.6 is 23.1 Å². The molecule has 0 atom stereocenters.